The number of hydrogen-bond acceptors (Lipinski definition) is 4. The van der Waals surface area contributed by atoms with E-state index < -0.39 is 6.10 Å². The molecular weight excluding hydrogens is 198 g/mol. The summed E-state index contributed by atoms with van der Waals surface area (Å²) in [7, 11) is 0. The number of aromatic hydroxyl groups is 2. The summed E-state index contributed by atoms with van der Waals surface area (Å²) in [5, 5.41) is 27.8. The Labute approximate surface area is 86.2 Å². The molecule has 80 valence electrons. The predicted molar refractivity (Wildman–Crippen MR) is 52.7 cm³/mol. The van der Waals surface area contributed by atoms with Gasteiger partial charge in [0, 0.05) is 18.2 Å². The average molecular weight is 209 g/mol. The van der Waals surface area contributed by atoms with Crippen molar-refractivity contribution in [1.82, 2.24) is 0 Å². The zero-order valence-electron chi connectivity index (χ0n) is 7.92. The van der Waals surface area contributed by atoms with E-state index in [1.165, 1.54) is 23.1 Å². The van der Waals surface area contributed by atoms with E-state index in [2.05, 4.69) is 0 Å². The summed E-state index contributed by atoms with van der Waals surface area (Å²) in [5.41, 5.74) is 0.397. The fourth-order valence-electron chi connectivity index (χ4n) is 1.67. The molecule has 1 heterocycles. The van der Waals surface area contributed by atoms with Crippen LogP contribution in [-0.4, -0.2) is 33.9 Å². The molecule has 1 amide bonds. The third-order valence-electron chi connectivity index (χ3n) is 2.30. The van der Waals surface area contributed by atoms with Gasteiger partial charge < -0.3 is 20.2 Å². The number of nitrogens with zero attached hydrogens (tertiary/aromatic N) is 1. The molecule has 1 aromatic carbocycles. The molecule has 1 aliphatic rings. The van der Waals surface area contributed by atoms with Crippen molar-refractivity contribution in [3.63, 3.8) is 0 Å². The van der Waals surface area contributed by atoms with Crippen LogP contribution in [-0.2, 0) is 4.79 Å². The van der Waals surface area contributed by atoms with Gasteiger partial charge in [0.2, 0.25) is 5.91 Å². The molecule has 2 rings (SSSR count). The van der Waals surface area contributed by atoms with Crippen molar-refractivity contribution in [3.05, 3.63) is 18.2 Å². The van der Waals surface area contributed by atoms with E-state index in [9.17, 15) is 20.1 Å². The highest BCUT2D eigenvalue weighted by atomic mass is 16.3. The molecule has 0 aliphatic carbocycles. The molecule has 0 bridgehead atoms. The molecule has 15 heavy (non-hydrogen) atoms. The highest BCUT2D eigenvalue weighted by Crippen LogP contribution is 2.29. The zero-order valence-corrected chi connectivity index (χ0v) is 7.92. The summed E-state index contributed by atoms with van der Waals surface area (Å²) in [6, 6.07) is 3.92. The van der Waals surface area contributed by atoms with Crippen molar-refractivity contribution < 1.29 is 20.1 Å². The number of benzene rings is 1. The van der Waals surface area contributed by atoms with Crippen molar-refractivity contribution >= 4 is 11.6 Å². The summed E-state index contributed by atoms with van der Waals surface area (Å²) in [6.07, 6.45) is -0.599. The second-order valence-electron chi connectivity index (χ2n) is 3.57. The number of phenols is 2. The minimum absolute atomic E-state index is 0.0798. The number of carbonyl (C=O) groups excluding carboxylic acids is 1. The first-order valence-corrected chi connectivity index (χ1v) is 4.58. The molecule has 0 aromatic heterocycles. The van der Waals surface area contributed by atoms with Crippen LogP contribution in [0.15, 0.2) is 18.2 Å². The molecule has 1 atom stereocenters. The third-order valence-corrected chi connectivity index (χ3v) is 2.30. The molecule has 1 saturated heterocycles. The molecule has 1 aliphatic heterocycles. The minimum Gasteiger partial charge on any atom is -0.508 e. The van der Waals surface area contributed by atoms with Crippen molar-refractivity contribution in [1.29, 1.82) is 0 Å². The highest BCUT2D eigenvalue weighted by molar-refractivity contribution is 5.96. The van der Waals surface area contributed by atoms with E-state index in [1.807, 2.05) is 0 Å². The summed E-state index contributed by atoms with van der Waals surface area (Å²) >= 11 is 0. The summed E-state index contributed by atoms with van der Waals surface area (Å²) < 4.78 is 0. The number of rotatable bonds is 1. The van der Waals surface area contributed by atoms with Gasteiger partial charge in [-0.2, -0.15) is 0 Å². The fraction of sp³-hybridized carbons (Fsp3) is 0.300. The Morgan fingerprint density at radius 2 is 1.80 bits per heavy atom. The standard InChI is InChI=1S/C10H11NO4/c12-7-1-6(2-8(13)3-7)11-5-9(14)4-10(11)15/h1-3,9,12-14H,4-5H2. The van der Waals surface area contributed by atoms with Crippen LogP contribution in [0.2, 0.25) is 0 Å². The maximum Gasteiger partial charge on any atom is 0.229 e. The van der Waals surface area contributed by atoms with Gasteiger partial charge in [0.25, 0.3) is 0 Å². The van der Waals surface area contributed by atoms with E-state index >= 15 is 0 Å². The Kier molecular flexibility index (Phi) is 2.24. The van der Waals surface area contributed by atoms with Crippen molar-refractivity contribution in [3.8, 4) is 11.5 Å². The van der Waals surface area contributed by atoms with Crippen LogP contribution in [0.5, 0.6) is 11.5 Å². The maximum atomic E-state index is 11.4. The lowest BCUT2D eigenvalue weighted by Crippen LogP contribution is -2.25. The average Bonchev–Trinajstić information content (AvgIpc) is 2.43. The number of aliphatic hydroxyl groups is 1. The summed E-state index contributed by atoms with van der Waals surface area (Å²) in [5.74, 6) is -0.439. The van der Waals surface area contributed by atoms with Gasteiger partial charge in [-0.15, -0.1) is 0 Å². The molecule has 0 saturated carbocycles. The van der Waals surface area contributed by atoms with Crippen molar-refractivity contribution in [2.45, 2.75) is 12.5 Å². The quantitative estimate of drug-likeness (QED) is 0.617. The van der Waals surface area contributed by atoms with Gasteiger partial charge in [-0.3, -0.25) is 4.79 Å². The first-order valence-electron chi connectivity index (χ1n) is 4.58. The number of β-amino-alcohol motifs (C(OH)–C–C–N with tert-alkyl or cyclic N) is 1. The molecule has 1 fully saturated rings. The summed E-state index contributed by atoms with van der Waals surface area (Å²) in [6.45, 7) is 0.196. The molecule has 0 radical (unpaired) electrons. The lowest BCUT2D eigenvalue weighted by Gasteiger charge is -2.16. The predicted octanol–water partition coefficient (Wildman–Crippen LogP) is 0.195. The smallest absolute Gasteiger partial charge is 0.229 e. The van der Waals surface area contributed by atoms with E-state index in [-0.39, 0.29) is 30.4 Å². The van der Waals surface area contributed by atoms with Crippen LogP contribution in [0.25, 0.3) is 0 Å². The molecule has 5 nitrogen and oxygen atoms in total. The third kappa shape index (κ3) is 1.87. The molecule has 3 N–H and O–H groups in total. The number of phenolic OH excluding ortho intramolecular Hbond substituents is 2. The second kappa shape index (κ2) is 3.43. The van der Waals surface area contributed by atoms with Gasteiger partial charge in [0.1, 0.15) is 11.5 Å². The summed E-state index contributed by atoms with van der Waals surface area (Å²) in [4.78, 5) is 12.7. The number of carbonyl (C=O) groups is 1. The number of amides is 1. The molecular formula is C10H11NO4. The van der Waals surface area contributed by atoms with Gasteiger partial charge >= 0.3 is 0 Å². The van der Waals surface area contributed by atoms with E-state index in [0.29, 0.717) is 5.69 Å². The SMILES string of the molecule is O=C1CC(O)CN1c1cc(O)cc(O)c1. The van der Waals surface area contributed by atoms with Gasteiger partial charge in [0.15, 0.2) is 0 Å². The van der Waals surface area contributed by atoms with Crippen LogP contribution < -0.4 is 4.90 Å². The monoisotopic (exact) mass is 209 g/mol. The molecule has 1 unspecified atom stereocenters. The number of aliphatic hydroxyl groups excluding tert-OH is 1. The van der Waals surface area contributed by atoms with Crippen molar-refractivity contribution in [2.75, 3.05) is 11.4 Å². The Morgan fingerprint density at radius 1 is 1.20 bits per heavy atom. The highest BCUT2D eigenvalue weighted by Gasteiger charge is 2.29. The van der Waals surface area contributed by atoms with Crippen LogP contribution >= 0.6 is 0 Å². The first-order chi connectivity index (χ1) is 7.06. The molecule has 5 heteroatoms. The van der Waals surface area contributed by atoms with Crippen LogP contribution in [0.1, 0.15) is 6.42 Å². The van der Waals surface area contributed by atoms with Gasteiger partial charge in [-0.1, -0.05) is 0 Å². The second-order valence-corrected chi connectivity index (χ2v) is 3.57. The van der Waals surface area contributed by atoms with Crippen molar-refractivity contribution in [2.24, 2.45) is 0 Å². The van der Waals surface area contributed by atoms with E-state index in [1.54, 1.807) is 0 Å². The first kappa shape index (κ1) is 9.79. The van der Waals surface area contributed by atoms with Gasteiger partial charge in [-0.05, 0) is 0 Å². The Hall–Kier alpha value is -1.75. The lowest BCUT2D eigenvalue weighted by atomic mass is 10.2. The van der Waals surface area contributed by atoms with E-state index in [0.717, 1.165) is 0 Å². The minimum atomic E-state index is -0.679. The normalized spacial score (nSPS) is 21.0. The van der Waals surface area contributed by atoms with Gasteiger partial charge in [-0.25, -0.2) is 0 Å². The maximum absolute atomic E-state index is 11.4. The topological polar surface area (TPSA) is 81.0 Å². The number of anilines is 1. The van der Waals surface area contributed by atoms with Crippen LogP contribution in [0.3, 0.4) is 0 Å². The Balaban J connectivity index is 2.33. The Morgan fingerprint density at radius 3 is 2.27 bits per heavy atom. The van der Waals surface area contributed by atoms with E-state index in [4.69, 9.17) is 0 Å². The molecule has 1 aromatic rings. The zero-order chi connectivity index (χ0) is 11.0. The lowest BCUT2D eigenvalue weighted by molar-refractivity contribution is -0.117. The van der Waals surface area contributed by atoms with Crippen LogP contribution in [0.4, 0.5) is 5.69 Å². The largest absolute Gasteiger partial charge is 0.508 e. The Bertz CT molecular complexity index is 384. The fourth-order valence-corrected chi connectivity index (χ4v) is 1.67. The number of hydrogen-bond donors (Lipinski definition) is 3. The van der Waals surface area contributed by atoms with Gasteiger partial charge in [0.05, 0.1) is 24.8 Å². The van der Waals surface area contributed by atoms with Crippen LogP contribution in [0, 0.1) is 0 Å². The molecule has 0 spiro atoms.